The minimum absolute atomic E-state index is 0.117. The Bertz CT molecular complexity index is 1220. The van der Waals surface area contributed by atoms with Crippen LogP contribution in [0.15, 0.2) is 83.9 Å². The van der Waals surface area contributed by atoms with Crippen molar-refractivity contribution in [1.82, 2.24) is 15.3 Å². The van der Waals surface area contributed by atoms with E-state index in [0.717, 1.165) is 27.6 Å². The predicted molar refractivity (Wildman–Crippen MR) is 118 cm³/mol. The molecule has 0 fully saturated rings. The molecule has 2 aromatic heterocycles. The molecule has 0 radical (unpaired) electrons. The highest BCUT2D eigenvalue weighted by Crippen LogP contribution is 2.21. The van der Waals surface area contributed by atoms with E-state index in [4.69, 9.17) is 0 Å². The standard InChI is InChI=1S/C25H23N3O2/c1-17-9-10-23-20(12-17)14-21(24(29)28-23)16-27-25(30)22(19-7-3-2-4-8-19)13-18-6-5-11-26-15-18/h2-12,14-15,22H,13,16H2,1H3,(H,27,30)(H,28,29). The fraction of sp³-hybridized carbons (Fsp3) is 0.160. The Morgan fingerprint density at radius 3 is 2.67 bits per heavy atom. The van der Waals surface area contributed by atoms with Gasteiger partial charge in [0.2, 0.25) is 5.91 Å². The van der Waals surface area contributed by atoms with Crippen LogP contribution in [0.5, 0.6) is 0 Å². The third-order valence-corrected chi connectivity index (χ3v) is 5.21. The van der Waals surface area contributed by atoms with Gasteiger partial charge in [-0.1, -0.05) is 48.0 Å². The predicted octanol–water partition coefficient (Wildman–Crippen LogP) is 3.87. The van der Waals surface area contributed by atoms with Crippen LogP contribution in [-0.4, -0.2) is 15.9 Å². The highest BCUT2D eigenvalue weighted by Gasteiger charge is 2.21. The largest absolute Gasteiger partial charge is 0.351 e. The van der Waals surface area contributed by atoms with Crippen molar-refractivity contribution < 1.29 is 4.79 Å². The number of pyridine rings is 2. The van der Waals surface area contributed by atoms with Gasteiger partial charge in [-0.05, 0) is 54.1 Å². The van der Waals surface area contributed by atoms with E-state index >= 15 is 0 Å². The number of nitrogens with zero attached hydrogens (tertiary/aromatic N) is 1. The average Bonchev–Trinajstić information content (AvgIpc) is 2.77. The minimum atomic E-state index is -0.364. The lowest BCUT2D eigenvalue weighted by atomic mass is 9.91. The van der Waals surface area contributed by atoms with Crippen molar-refractivity contribution in [3.05, 3.63) is 112 Å². The summed E-state index contributed by atoms with van der Waals surface area (Å²) in [7, 11) is 0. The number of aryl methyl sites for hydroxylation is 1. The van der Waals surface area contributed by atoms with Crippen molar-refractivity contribution in [2.45, 2.75) is 25.8 Å². The van der Waals surface area contributed by atoms with Crippen molar-refractivity contribution in [3.8, 4) is 0 Å². The molecule has 1 amide bonds. The first-order valence-electron chi connectivity index (χ1n) is 9.94. The van der Waals surface area contributed by atoms with Crippen LogP contribution in [0.4, 0.5) is 0 Å². The topological polar surface area (TPSA) is 74.8 Å². The van der Waals surface area contributed by atoms with Gasteiger partial charge < -0.3 is 10.3 Å². The Labute approximate surface area is 174 Å². The average molecular weight is 397 g/mol. The number of hydrogen-bond acceptors (Lipinski definition) is 3. The highest BCUT2D eigenvalue weighted by molar-refractivity contribution is 5.84. The van der Waals surface area contributed by atoms with E-state index < -0.39 is 0 Å². The van der Waals surface area contributed by atoms with E-state index in [1.165, 1.54) is 0 Å². The Kier molecular flexibility index (Phi) is 5.70. The maximum Gasteiger partial charge on any atom is 0.253 e. The van der Waals surface area contributed by atoms with Crippen molar-refractivity contribution in [2.75, 3.05) is 0 Å². The summed E-state index contributed by atoms with van der Waals surface area (Å²) in [5.74, 6) is -0.481. The van der Waals surface area contributed by atoms with Gasteiger partial charge in [0.15, 0.2) is 0 Å². The lowest BCUT2D eigenvalue weighted by molar-refractivity contribution is -0.122. The summed E-state index contributed by atoms with van der Waals surface area (Å²) in [4.78, 5) is 32.6. The molecule has 0 spiro atoms. The van der Waals surface area contributed by atoms with Crippen molar-refractivity contribution in [1.29, 1.82) is 0 Å². The molecule has 0 saturated carbocycles. The number of amides is 1. The number of carbonyl (C=O) groups is 1. The van der Waals surface area contributed by atoms with Gasteiger partial charge in [-0.15, -0.1) is 0 Å². The summed E-state index contributed by atoms with van der Waals surface area (Å²) in [6, 6.07) is 21.2. The molecule has 0 bridgehead atoms. The second-order valence-corrected chi connectivity index (χ2v) is 7.46. The minimum Gasteiger partial charge on any atom is -0.351 e. The van der Waals surface area contributed by atoms with Crippen LogP contribution in [0.25, 0.3) is 10.9 Å². The first-order valence-corrected chi connectivity index (χ1v) is 9.94. The lowest BCUT2D eigenvalue weighted by Crippen LogP contribution is -2.32. The molecule has 0 saturated heterocycles. The number of fused-ring (bicyclic) bond motifs is 1. The smallest absolute Gasteiger partial charge is 0.253 e. The van der Waals surface area contributed by atoms with Gasteiger partial charge in [-0.25, -0.2) is 0 Å². The maximum atomic E-state index is 13.1. The molecule has 0 aliphatic carbocycles. The fourth-order valence-electron chi connectivity index (χ4n) is 3.61. The monoisotopic (exact) mass is 397 g/mol. The number of rotatable bonds is 6. The van der Waals surface area contributed by atoms with Crippen LogP contribution in [0.2, 0.25) is 0 Å². The lowest BCUT2D eigenvalue weighted by Gasteiger charge is -2.17. The third kappa shape index (κ3) is 4.46. The van der Waals surface area contributed by atoms with E-state index in [1.807, 2.05) is 73.7 Å². The molecule has 150 valence electrons. The van der Waals surface area contributed by atoms with E-state index in [1.54, 1.807) is 12.4 Å². The number of hydrogen-bond donors (Lipinski definition) is 2. The van der Waals surface area contributed by atoms with Crippen LogP contribution in [0, 0.1) is 6.92 Å². The zero-order valence-electron chi connectivity index (χ0n) is 16.8. The number of H-pyrrole nitrogens is 1. The molecule has 0 aliphatic rings. The second-order valence-electron chi connectivity index (χ2n) is 7.46. The number of aromatic amines is 1. The normalized spacial score (nSPS) is 11.9. The van der Waals surface area contributed by atoms with Crippen LogP contribution >= 0.6 is 0 Å². The molecule has 5 heteroatoms. The molecule has 4 rings (SSSR count). The molecule has 5 nitrogen and oxygen atoms in total. The summed E-state index contributed by atoms with van der Waals surface area (Å²) in [6.45, 7) is 2.18. The number of aromatic nitrogens is 2. The molecular weight excluding hydrogens is 374 g/mol. The SMILES string of the molecule is Cc1ccc2[nH]c(=O)c(CNC(=O)C(Cc3cccnc3)c3ccccc3)cc2c1. The molecule has 2 N–H and O–H groups in total. The third-order valence-electron chi connectivity index (χ3n) is 5.21. The van der Waals surface area contributed by atoms with Gasteiger partial charge in [-0.3, -0.25) is 14.6 Å². The van der Waals surface area contributed by atoms with Crippen LogP contribution in [0.1, 0.15) is 28.2 Å². The summed E-state index contributed by atoms with van der Waals surface area (Å²) in [5, 5.41) is 3.91. The van der Waals surface area contributed by atoms with Crippen molar-refractivity contribution in [3.63, 3.8) is 0 Å². The summed E-state index contributed by atoms with van der Waals surface area (Å²) in [5.41, 5.74) is 4.18. The molecule has 2 aromatic carbocycles. The van der Waals surface area contributed by atoms with E-state index in [9.17, 15) is 9.59 Å². The number of benzene rings is 2. The molecule has 1 unspecified atom stereocenters. The van der Waals surface area contributed by atoms with Crippen LogP contribution < -0.4 is 10.9 Å². The van der Waals surface area contributed by atoms with Gasteiger partial charge >= 0.3 is 0 Å². The van der Waals surface area contributed by atoms with Gasteiger partial charge in [0, 0.05) is 30.0 Å². The van der Waals surface area contributed by atoms with Crippen molar-refractivity contribution in [2.24, 2.45) is 0 Å². The fourth-order valence-corrected chi connectivity index (χ4v) is 3.61. The summed E-state index contributed by atoms with van der Waals surface area (Å²) < 4.78 is 0. The first kappa shape index (κ1) is 19.6. The Morgan fingerprint density at radius 2 is 1.90 bits per heavy atom. The van der Waals surface area contributed by atoms with E-state index in [-0.39, 0.29) is 23.9 Å². The summed E-state index contributed by atoms with van der Waals surface area (Å²) in [6.07, 6.45) is 4.03. The number of carbonyl (C=O) groups excluding carboxylic acids is 1. The Hall–Kier alpha value is -3.73. The zero-order chi connectivity index (χ0) is 20.9. The number of nitrogens with one attached hydrogen (secondary N) is 2. The second kappa shape index (κ2) is 8.74. The Balaban J connectivity index is 1.56. The first-order chi connectivity index (χ1) is 14.6. The molecule has 0 aliphatic heterocycles. The van der Waals surface area contributed by atoms with Gasteiger partial charge in [0.25, 0.3) is 5.56 Å². The quantitative estimate of drug-likeness (QED) is 0.519. The van der Waals surface area contributed by atoms with Crippen LogP contribution in [-0.2, 0) is 17.8 Å². The van der Waals surface area contributed by atoms with E-state index in [0.29, 0.717) is 12.0 Å². The van der Waals surface area contributed by atoms with Gasteiger partial charge in [0.1, 0.15) is 0 Å². The maximum absolute atomic E-state index is 13.1. The van der Waals surface area contributed by atoms with Crippen LogP contribution in [0.3, 0.4) is 0 Å². The molecule has 30 heavy (non-hydrogen) atoms. The summed E-state index contributed by atoms with van der Waals surface area (Å²) >= 11 is 0. The molecule has 2 heterocycles. The van der Waals surface area contributed by atoms with Gasteiger partial charge in [-0.2, -0.15) is 0 Å². The highest BCUT2D eigenvalue weighted by atomic mass is 16.2. The van der Waals surface area contributed by atoms with Crippen molar-refractivity contribution >= 4 is 16.8 Å². The Morgan fingerprint density at radius 1 is 1.07 bits per heavy atom. The molecule has 1 atom stereocenters. The van der Waals surface area contributed by atoms with E-state index in [2.05, 4.69) is 15.3 Å². The van der Waals surface area contributed by atoms with Gasteiger partial charge in [0.05, 0.1) is 5.92 Å². The molecule has 4 aromatic rings. The zero-order valence-corrected chi connectivity index (χ0v) is 16.8. The molecular formula is C25H23N3O2.